The molecule has 0 radical (unpaired) electrons. The molecule has 1 rings (SSSR count). The number of carbonyl (C=O) groups is 1. The molecule has 6 heteroatoms. The lowest BCUT2D eigenvalue weighted by atomic mass is 10.2. The van der Waals surface area contributed by atoms with Crippen LogP contribution >= 0.6 is 15.9 Å². The summed E-state index contributed by atoms with van der Waals surface area (Å²) in [5.74, 6) is -0.583. The standard InChI is InChI=1S/C12H15BrO4S/c1-9(7-12(14)17-2)18(15,16)8-10-3-5-11(13)6-4-10/h3-6,9H,7-8H2,1-2H3. The Balaban J connectivity index is 2.75. The molecule has 1 unspecified atom stereocenters. The smallest absolute Gasteiger partial charge is 0.306 e. The molecular weight excluding hydrogens is 320 g/mol. The predicted molar refractivity (Wildman–Crippen MR) is 72.9 cm³/mol. The zero-order valence-corrected chi connectivity index (χ0v) is 12.6. The molecule has 0 fully saturated rings. The molecule has 0 spiro atoms. The van der Waals surface area contributed by atoms with Gasteiger partial charge in [0.1, 0.15) is 0 Å². The van der Waals surface area contributed by atoms with Crippen LogP contribution in [-0.2, 0) is 25.1 Å². The van der Waals surface area contributed by atoms with Crippen molar-refractivity contribution in [2.24, 2.45) is 0 Å². The number of ether oxygens (including phenoxy) is 1. The van der Waals surface area contributed by atoms with Crippen molar-refractivity contribution < 1.29 is 17.9 Å². The van der Waals surface area contributed by atoms with E-state index < -0.39 is 21.1 Å². The molecule has 1 aromatic rings. The quantitative estimate of drug-likeness (QED) is 0.775. The van der Waals surface area contributed by atoms with E-state index in [1.165, 1.54) is 14.0 Å². The monoisotopic (exact) mass is 334 g/mol. The van der Waals surface area contributed by atoms with Crippen LogP contribution in [0.15, 0.2) is 28.7 Å². The van der Waals surface area contributed by atoms with E-state index in [0.29, 0.717) is 5.56 Å². The summed E-state index contributed by atoms with van der Waals surface area (Å²) in [6.07, 6.45) is -0.116. The van der Waals surface area contributed by atoms with Crippen molar-refractivity contribution in [2.75, 3.05) is 7.11 Å². The minimum atomic E-state index is -3.35. The van der Waals surface area contributed by atoms with Gasteiger partial charge in [-0.25, -0.2) is 8.42 Å². The average molecular weight is 335 g/mol. The highest BCUT2D eigenvalue weighted by Crippen LogP contribution is 2.16. The van der Waals surface area contributed by atoms with Crippen LogP contribution in [0.3, 0.4) is 0 Å². The summed E-state index contributed by atoms with van der Waals surface area (Å²) in [5.41, 5.74) is 0.704. The molecule has 0 amide bonds. The van der Waals surface area contributed by atoms with Gasteiger partial charge in [-0.1, -0.05) is 28.1 Å². The van der Waals surface area contributed by atoms with Crippen LogP contribution in [0.4, 0.5) is 0 Å². The average Bonchev–Trinajstić information content (AvgIpc) is 2.31. The molecule has 100 valence electrons. The van der Waals surface area contributed by atoms with Gasteiger partial charge in [-0.3, -0.25) is 4.79 Å². The lowest BCUT2D eigenvalue weighted by molar-refractivity contribution is -0.140. The summed E-state index contributed by atoms with van der Waals surface area (Å²) in [4.78, 5) is 11.1. The van der Waals surface area contributed by atoms with Gasteiger partial charge in [0, 0.05) is 4.47 Å². The van der Waals surface area contributed by atoms with Crippen molar-refractivity contribution in [1.29, 1.82) is 0 Å². The lowest BCUT2D eigenvalue weighted by Gasteiger charge is -2.11. The van der Waals surface area contributed by atoms with Crippen LogP contribution in [-0.4, -0.2) is 26.7 Å². The van der Waals surface area contributed by atoms with Gasteiger partial charge >= 0.3 is 5.97 Å². The SMILES string of the molecule is COC(=O)CC(C)S(=O)(=O)Cc1ccc(Br)cc1. The number of sulfone groups is 1. The minimum absolute atomic E-state index is 0.0710. The first-order valence-corrected chi connectivity index (χ1v) is 7.89. The highest BCUT2D eigenvalue weighted by Gasteiger charge is 2.24. The Hall–Kier alpha value is -0.880. The first-order valence-electron chi connectivity index (χ1n) is 5.38. The second-order valence-electron chi connectivity index (χ2n) is 4.02. The Morgan fingerprint density at radius 1 is 1.33 bits per heavy atom. The van der Waals surface area contributed by atoms with Gasteiger partial charge in [-0.05, 0) is 24.6 Å². The van der Waals surface area contributed by atoms with Crippen LogP contribution in [0.25, 0.3) is 0 Å². The largest absolute Gasteiger partial charge is 0.469 e. The Morgan fingerprint density at radius 3 is 2.39 bits per heavy atom. The Kier molecular flexibility index (Phi) is 5.34. The van der Waals surface area contributed by atoms with E-state index in [0.717, 1.165) is 4.47 Å². The highest BCUT2D eigenvalue weighted by atomic mass is 79.9. The maximum atomic E-state index is 12.0. The molecule has 0 heterocycles. The van der Waals surface area contributed by atoms with Crippen LogP contribution in [0.5, 0.6) is 0 Å². The van der Waals surface area contributed by atoms with Gasteiger partial charge in [0.25, 0.3) is 0 Å². The lowest BCUT2D eigenvalue weighted by Crippen LogP contribution is -2.23. The fourth-order valence-electron chi connectivity index (χ4n) is 1.40. The minimum Gasteiger partial charge on any atom is -0.469 e. The summed E-state index contributed by atoms with van der Waals surface area (Å²) in [6.45, 7) is 1.52. The number of carbonyl (C=O) groups excluding carboxylic acids is 1. The summed E-state index contributed by atoms with van der Waals surface area (Å²) < 4.78 is 29.4. The van der Waals surface area contributed by atoms with Crippen molar-refractivity contribution >= 4 is 31.7 Å². The maximum absolute atomic E-state index is 12.0. The molecule has 0 bridgehead atoms. The van der Waals surface area contributed by atoms with Crippen molar-refractivity contribution in [3.63, 3.8) is 0 Å². The van der Waals surface area contributed by atoms with E-state index in [4.69, 9.17) is 0 Å². The molecule has 0 aromatic heterocycles. The molecule has 0 saturated heterocycles. The Bertz CT molecular complexity index is 507. The van der Waals surface area contributed by atoms with Crippen molar-refractivity contribution in [3.8, 4) is 0 Å². The fraction of sp³-hybridized carbons (Fsp3) is 0.417. The fourth-order valence-corrected chi connectivity index (χ4v) is 3.00. The van der Waals surface area contributed by atoms with E-state index in [2.05, 4.69) is 20.7 Å². The molecule has 0 saturated carbocycles. The second kappa shape index (κ2) is 6.33. The number of benzene rings is 1. The number of hydrogen-bond donors (Lipinski definition) is 0. The van der Waals surface area contributed by atoms with E-state index in [9.17, 15) is 13.2 Å². The molecule has 0 aliphatic carbocycles. The summed E-state index contributed by atoms with van der Waals surface area (Å²) in [7, 11) is -2.10. The van der Waals surface area contributed by atoms with Crippen molar-refractivity contribution in [2.45, 2.75) is 24.3 Å². The molecule has 0 aliphatic heterocycles. The third-order valence-electron chi connectivity index (χ3n) is 2.58. The summed E-state index contributed by atoms with van der Waals surface area (Å²) in [5, 5.41) is -0.742. The van der Waals surface area contributed by atoms with Gasteiger partial charge in [0.05, 0.1) is 24.5 Å². The van der Waals surface area contributed by atoms with Crippen LogP contribution in [0.1, 0.15) is 18.9 Å². The topological polar surface area (TPSA) is 60.4 Å². The van der Waals surface area contributed by atoms with E-state index >= 15 is 0 Å². The maximum Gasteiger partial charge on any atom is 0.306 e. The van der Waals surface area contributed by atoms with E-state index in [1.807, 2.05) is 0 Å². The molecule has 1 aromatic carbocycles. The van der Waals surface area contributed by atoms with Gasteiger partial charge < -0.3 is 4.74 Å². The zero-order valence-electron chi connectivity index (χ0n) is 10.2. The first-order chi connectivity index (χ1) is 8.35. The number of halogens is 1. The molecule has 1 atom stereocenters. The molecular formula is C12H15BrO4S. The Morgan fingerprint density at radius 2 is 1.89 bits per heavy atom. The van der Waals surface area contributed by atoms with Gasteiger partial charge in [0.15, 0.2) is 9.84 Å². The van der Waals surface area contributed by atoms with Gasteiger partial charge in [0.2, 0.25) is 0 Å². The third-order valence-corrected chi connectivity index (χ3v) is 5.23. The van der Waals surface area contributed by atoms with Gasteiger partial charge in [-0.2, -0.15) is 0 Å². The van der Waals surface area contributed by atoms with E-state index in [-0.39, 0.29) is 12.2 Å². The predicted octanol–water partition coefficient (Wildman–Crippen LogP) is 2.32. The van der Waals surface area contributed by atoms with Crippen molar-refractivity contribution in [1.82, 2.24) is 0 Å². The van der Waals surface area contributed by atoms with Crippen LogP contribution < -0.4 is 0 Å². The Labute approximate surface area is 115 Å². The highest BCUT2D eigenvalue weighted by molar-refractivity contribution is 9.10. The van der Waals surface area contributed by atoms with Crippen LogP contribution in [0.2, 0.25) is 0 Å². The number of methoxy groups -OCH3 is 1. The molecule has 18 heavy (non-hydrogen) atoms. The molecule has 0 aliphatic rings. The van der Waals surface area contributed by atoms with Gasteiger partial charge in [-0.15, -0.1) is 0 Å². The second-order valence-corrected chi connectivity index (χ2v) is 7.36. The summed E-state index contributed by atoms with van der Waals surface area (Å²) in [6, 6.07) is 7.06. The molecule has 4 nitrogen and oxygen atoms in total. The number of rotatable bonds is 5. The zero-order chi connectivity index (χ0) is 13.8. The van der Waals surface area contributed by atoms with Crippen molar-refractivity contribution in [3.05, 3.63) is 34.3 Å². The molecule has 0 N–H and O–H groups in total. The first kappa shape index (κ1) is 15.2. The summed E-state index contributed by atoms with van der Waals surface area (Å²) >= 11 is 3.29. The number of esters is 1. The van der Waals surface area contributed by atoms with E-state index in [1.54, 1.807) is 24.3 Å². The third kappa shape index (κ3) is 4.42. The van der Waals surface area contributed by atoms with Crippen LogP contribution in [0, 0.1) is 0 Å². The number of hydrogen-bond acceptors (Lipinski definition) is 4. The normalized spacial score (nSPS) is 13.1.